The van der Waals surface area contributed by atoms with E-state index in [0.717, 1.165) is 11.5 Å². The number of hydrogen-bond acceptors (Lipinski definition) is 4. The first-order chi connectivity index (χ1) is 7.03. The van der Waals surface area contributed by atoms with Crippen LogP contribution in [0, 0.1) is 23.7 Å². The van der Waals surface area contributed by atoms with Gasteiger partial charge in [0.05, 0.1) is 17.2 Å². The van der Waals surface area contributed by atoms with E-state index in [1.54, 1.807) is 6.20 Å². The van der Waals surface area contributed by atoms with Crippen molar-refractivity contribution < 1.29 is 0 Å². The van der Waals surface area contributed by atoms with Gasteiger partial charge in [-0.25, -0.2) is 9.97 Å². The fourth-order valence-electron chi connectivity index (χ4n) is 1.15. The van der Waals surface area contributed by atoms with Crippen LogP contribution in [0.3, 0.4) is 0 Å². The van der Waals surface area contributed by atoms with E-state index in [0.29, 0.717) is 13.1 Å². The lowest BCUT2D eigenvalue weighted by atomic mass is 9.96. The predicted octanol–water partition coefficient (Wildman–Crippen LogP) is 1.42. The number of nitriles is 1. The number of nitrogens with zero attached hydrogens (tertiary/aromatic N) is 3. The van der Waals surface area contributed by atoms with Crippen LogP contribution in [-0.2, 0) is 6.54 Å². The minimum absolute atomic E-state index is 0.331. The molecule has 4 heteroatoms. The molecule has 1 aromatic rings. The monoisotopic (exact) mass is 204 g/mol. The molecule has 0 amide bonds. The summed E-state index contributed by atoms with van der Waals surface area (Å²) in [5.74, 6) is 0.772. The quantitative estimate of drug-likeness (QED) is 0.805. The van der Waals surface area contributed by atoms with Gasteiger partial charge < -0.3 is 5.32 Å². The van der Waals surface area contributed by atoms with Gasteiger partial charge in [-0.3, -0.25) is 0 Å². The predicted molar refractivity (Wildman–Crippen MR) is 57.9 cm³/mol. The van der Waals surface area contributed by atoms with E-state index in [9.17, 15) is 0 Å². The van der Waals surface area contributed by atoms with Gasteiger partial charge in [0.25, 0.3) is 0 Å². The zero-order valence-corrected chi connectivity index (χ0v) is 9.41. The molecule has 0 aliphatic heterocycles. The zero-order valence-electron chi connectivity index (χ0n) is 9.41. The maximum Gasteiger partial charge on any atom is 0.125 e. The van der Waals surface area contributed by atoms with Gasteiger partial charge in [0.1, 0.15) is 5.82 Å². The highest BCUT2D eigenvalue weighted by Gasteiger charge is 2.15. The Kier molecular flexibility index (Phi) is 3.75. The van der Waals surface area contributed by atoms with Gasteiger partial charge >= 0.3 is 0 Å². The molecule has 0 atom stereocenters. The van der Waals surface area contributed by atoms with Crippen molar-refractivity contribution in [1.29, 1.82) is 5.26 Å². The normalized spacial score (nSPS) is 11.1. The Morgan fingerprint density at radius 1 is 1.53 bits per heavy atom. The van der Waals surface area contributed by atoms with E-state index < -0.39 is 0 Å². The molecule has 1 heterocycles. The Morgan fingerprint density at radius 3 is 2.87 bits per heavy atom. The second-order valence-corrected chi connectivity index (χ2v) is 4.19. The van der Waals surface area contributed by atoms with Gasteiger partial charge in [-0.15, -0.1) is 0 Å². The molecular formula is C11H16N4. The second-order valence-electron chi connectivity index (χ2n) is 4.19. The van der Waals surface area contributed by atoms with E-state index >= 15 is 0 Å². The summed E-state index contributed by atoms with van der Waals surface area (Å²) in [7, 11) is 0. The molecule has 0 spiro atoms. The third-order valence-corrected chi connectivity index (χ3v) is 2.01. The van der Waals surface area contributed by atoms with Crippen LogP contribution in [0.5, 0.6) is 0 Å². The smallest absolute Gasteiger partial charge is 0.125 e. The molecule has 0 aromatic carbocycles. The molecule has 0 radical (unpaired) electrons. The fourth-order valence-corrected chi connectivity index (χ4v) is 1.15. The van der Waals surface area contributed by atoms with E-state index in [-0.39, 0.29) is 5.41 Å². The first-order valence-electron chi connectivity index (χ1n) is 4.94. The topological polar surface area (TPSA) is 61.6 Å². The SMILES string of the molecule is Cc1nccc(CNCC(C)(C)C#N)n1. The number of rotatable bonds is 4. The van der Waals surface area contributed by atoms with Gasteiger partial charge in [0, 0.05) is 19.3 Å². The molecule has 0 aliphatic carbocycles. The van der Waals surface area contributed by atoms with Crippen LogP contribution in [0.15, 0.2) is 12.3 Å². The van der Waals surface area contributed by atoms with Crippen LogP contribution in [0.1, 0.15) is 25.4 Å². The Labute approximate surface area is 90.4 Å². The summed E-state index contributed by atoms with van der Waals surface area (Å²) in [6.45, 7) is 7.01. The average molecular weight is 204 g/mol. The van der Waals surface area contributed by atoms with Gasteiger partial charge in [-0.05, 0) is 26.8 Å². The van der Waals surface area contributed by atoms with Gasteiger partial charge in [-0.2, -0.15) is 5.26 Å². The molecule has 0 saturated carbocycles. The lowest BCUT2D eigenvalue weighted by Gasteiger charge is -2.15. The summed E-state index contributed by atoms with van der Waals surface area (Å²) in [6, 6.07) is 4.12. The molecule has 0 fully saturated rings. The molecule has 1 N–H and O–H groups in total. The fraction of sp³-hybridized carbons (Fsp3) is 0.545. The first kappa shape index (κ1) is 11.6. The van der Waals surface area contributed by atoms with Crippen molar-refractivity contribution in [1.82, 2.24) is 15.3 Å². The summed E-state index contributed by atoms with van der Waals surface area (Å²) < 4.78 is 0. The van der Waals surface area contributed by atoms with Crippen molar-refractivity contribution in [3.63, 3.8) is 0 Å². The average Bonchev–Trinajstić information content (AvgIpc) is 2.18. The molecule has 0 bridgehead atoms. The summed E-state index contributed by atoms with van der Waals surface area (Å²) >= 11 is 0. The molecule has 4 nitrogen and oxygen atoms in total. The molecule has 80 valence electrons. The number of hydrogen-bond donors (Lipinski definition) is 1. The van der Waals surface area contributed by atoms with Gasteiger partial charge in [-0.1, -0.05) is 0 Å². The standard InChI is InChI=1S/C11H16N4/c1-9-14-5-4-10(15-9)6-13-8-11(2,3)7-12/h4-5,13H,6,8H2,1-3H3. The van der Waals surface area contributed by atoms with Crippen LogP contribution in [0.25, 0.3) is 0 Å². The molecule has 1 aromatic heterocycles. The highest BCUT2D eigenvalue weighted by Crippen LogP contribution is 2.10. The summed E-state index contributed by atoms with van der Waals surface area (Å²) in [4.78, 5) is 8.28. The lowest BCUT2D eigenvalue weighted by molar-refractivity contribution is 0.443. The minimum atomic E-state index is -0.331. The molecule has 0 saturated heterocycles. The molecule has 0 unspecified atom stereocenters. The van der Waals surface area contributed by atoms with Crippen molar-refractivity contribution >= 4 is 0 Å². The Balaban J connectivity index is 2.42. The van der Waals surface area contributed by atoms with Crippen LogP contribution < -0.4 is 5.32 Å². The van der Waals surface area contributed by atoms with Crippen molar-refractivity contribution in [2.24, 2.45) is 5.41 Å². The third kappa shape index (κ3) is 4.05. The Morgan fingerprint density at radius 2 is 2.27 bits per heavy atom. The molecular weight excluding hydrogens is 188 g/mol. The maximum atomic E-state index is 8.82. The highest BCUT2D eigenvalue weighted by molar-refractivity contribution is 5.02. The van der Waals surface area contributed by atoms with E-state index in [1.807, 2.05) is 26.8 Å². The number of aromatic nitrogens is 2. The van der Waals surface area contributed by atoms with Crippen LogP contribution in [-0.4, -0.2) is 16.5 Å². The molecule has 0 aliphatic rings. The highest BCUT2D eigenvalue weighted by atomic mass is 14.9. The summed E-state index contributed by atoms with van der Waals surface area (Å²) in [5.41, 5.74) is 0.624. The lowest BCUT2D eigenvalue weighted by Crippen LogP contribution is -2.28. The zero-order chi connectivity index (χ0) is 11.3. The minimum Gasteiger partial charge on any atom is -0.310 e. The largest absolute Gasteiger partial charge is 0.310 e. The van der Waals surface area contributed by atoms with Crippen LogP contribution >= 0.6 is 0 Å². The molecule has 1 rings (SSSR count). The second kappa shape index (κ2) is 4.85. The van der Waals surface area contributed by atoms with E-state index in [2.05, 4.69) is 21.4 Å². The van der Waals surface area contributed by atoms with Crippen LogP contribution in [0.4, 0.5) is 0 Å². The molecule has 15 heavy (non-hydrogen) atoms. The number of nitrogens with one attached hydrogen (secondary N) is 1. The van der Waals surface area contributed by atoms with Crippen molar-refractivity contribution in [3.8, 4) is 6.07 Å². The number of aryl methyl sites for hydroxylation is 1. The van der Waals surface area contributed by atoms with Crippen molar-refractivity contribution in [2.45, 2.75) is 27.3 Å². The summed E-state index contributed by atoms with van der Waals surface area (Å²) in [5, 5.41) is 12.0. The van der Waals surface area contributed by atoms with E-state index in [4.69, 9.17) is 5.26 Å². The first-order valence-corrected chi connectivity index (χ1v) is 4.94. The van der Waals surface area contributed by atoms with Crippen LogP contribution in [0.2, 0.25) is 0 Å². The van der Waals surface area contributed by atoms with Gasteiger partial charge in [0.15, 0.2) is 0 Å². The Bertz CT molecular complexity index is 365. The third-order valence-electron chi connectivity index (χ3n) is 2.01. The van der Waals surface area contributed by atoms with Crippen molar-refractivity contribution in [3.05, 3.63) is 23.8 Å². The van der Waals surface area contributed by atoms with E-state index in [1.165, 1.54) is 0 Å². The van der Waals surface area contributed by atoms with Crippen molar-refractivity contribution in [2.75, 3.05) is 6.54 Å². The Hall–Kier alpha value is -1.47. The maximum absolute atomic E-state index is 8.82. The van der Waals surface area contributed by atoms with Gasteiger partial charge in [0.2, 0.25) is 0 Å². The summed E-state index contributed by atoms with van der Waals surface area (Å²) in [6.07, 6.45) is 1.74.